The van der Waals surface area contributed by atoms with Crippen LogP contribution in [0.4, 0.5) is 10.2 Å². The fourth-order valence-electron chi connectivity index (χ4n) is 6.61. The van der Waals surface area contributed by atoms with Crippen LogP contribution in [0, 0.1) is 11.2 Å². The molecule has 1 N–H and O–H groups in total. The van der Waals surface area contributed by atoms with E-state index in [2.05, 4.69) is 14.9 Å². The summed E-state index contributed by atoms with van der Waals surface area (Å²) < 4.78 is 26.8. The van der Waals surface area contributed by atoms with Crippen LogP contribution in [-0.2, 0) is 17.9 Å². The second-order valence-corrected chi connectivity index (χ2v) is 12.1. The standard InChI is InChI=1S/C32H36FN5O5/c1-4-38(20(2)3)31(41)24-10-22(33)8-9-27(24)43-28-13-34-19-35-30(28)37-17-32(18-37)11-23(12-32)42-26-7-5-6-21-14-36(15-25(21)26)16-29(39)40/h5-10,13,19-20,23H,4,11-12,14-18H2,1-3H3,(H,39,40). The maximum Gasteiger partial charge on any atom is 0.317 e. The number of rotatable bonds is 10. The SMILES string of the molecule is CCN(C(=O)c1cc(F)ccc1Oc1cncnc1N1CC2(CC(Oc3cccc4c3CN(CC(=O)O)C4)C2)C1)C(C)C. The van der Waals surface area contributed by atoms with Crippen molar-refractivity contribution in [3.8, 4) is 17.2 Å². The summed E-state index contributed by atoms with van der Waals surface area (Å²) in [7, 11) is 0. The Morgan fingerprint density at radius 2 is 1.93 bits per heavy atom. The number of carbonyl (C=O) groups is 2. The Bertz CT molecular complexity index is 1530. The van der Waals surface area contributed by atoms with Crippen LogP contribution in [0.3, 0.4) is 0 Å². The van der Waals surface area contributed by atoms with E-state index in [0.717, 1.165) is 42.8 Å². The van der Waals surface area contributed by atoms with Gasteiger partial charge in [0.25, 0.3) is 5.91 Å². The molecule has 1 aliphatic carbocycles. The highest BCUT2D eigenvalue weighted by Gasteiger charge is 2.54. The molecule has 11 heteroatoms. The normalized spacial score (nSPS) is 17.4. The predicted molar refractivity (Wildman–Crippen MR) is 157 cm³/mol. The molecule has 2 fully saturated rings. The van der Waals surface area contributed by atoms with Crippen LogP contribution in [-0.4, -0.2) is 75.1 Å². The van der Waals surface area contributed by atoms with E-state index >= 15 is 0 Å². The molecule has 6 rings (SSSR count). The van der Waals surface area contributed by atoms with Crippen molar-refractivity contribution in [1.82, 2.24) is 19.8 Å². The van der Waals surface area contributed by atoms with E-state index < -0.39 is 11.8 Å². The van der Waals surface area contributed by atoms with Gasteiger partial charge in [0.2, 0.25) is 0 Å². The van der Waals surface area contributed by atoms with Crippen molar-refractivity contribution in [1.29, 1.82) is 0 Å². The number of carbonyl (C=O) groups excluding carboxylic acids is 1. The second-order valence-electron chi connectivity index (χ2n) is 12.1. The molecule has 43 heavy (non-hydrogen) atoms. The first-order valence-electron chi connectivity index (χ1n) is 14.7. The molecule has 226 valence electrons. The van der Waals surface area contributed by atoms with Crippen LogP contribution < -0.4 is 14.4 Å². The number of halogens is 1. The fraction of sp³-hybridized carbons (Fsp3) is 0.438. The molecule has 2 aromatic carbocycles. The molecular formula is C32H36FN5O5. The number of benzene rings is 2. The maximum atomic E-state index is 14.2. The summed E-state index contributed by atoms with van der Waals surface area (Å²) in [6, 6.07) is 9.89. The lowest BCUT2D eigenvalue weighted by atomic mass is 9.61. The Morgan fingerprint density at radius 1 is 1.14 bits per heavy atom. The van der Waals surface area contributed by atoms with Crippen LogP contribution in [0.25, 0.3) is 0 Å². The molecule has 1 amide bonds. The van der Waals surface area contributed by atoms with Crippen molar-refractivity contribution >= 4 is 17.7 Å². The van der Waals surface area contributed by atoms with Crippen molar-refractivity contribution in [2.75, 3.05) is 31.1 Å². The summed E-state index contributed by atoms with van der Waals surface area (Å²) >= 11 is 0. The van der Waals surface area contributed by atoms with Crippen LogP contribution in [0.5, 0.6) is 17.2 Å². The largest absolute Gasteiger partial charge is 0.490 e. The van der Waals surface area contributed by atoms with Crippen molar-refractivity contribution in [3.63, 3.8) is 0 Å². The maximum absolute atomic E-state index is 14.2. The Balaban J connectivity index is 1.10. The highest BCUT2D eigenvalue weighted by molar-refractivity contribution is 5.97. The van der Waals surface area contributed by atoms with Crippen molar-refractivity contribution < 1.29 is 28.6 Å². The summed E-state index contributed by atoms with van der Waals surface area (Å²) in [4.78, 5) is 38.8. The number of aliphatic carboxylic acids is 1. The molecule has 10 nitrogen and oxygen atoms in total. The topological polar surface area (TPSA) is 108 Å². The fourth-order valence-corrected chi connectivity index (χ4v) is 6.61. The first-order valence-corrected chi connectivity index (χ1v) is 14.7. The first kappa shape index (κ1) is 28.9. The van der Waals surface area contributed by atoms with Crippen molar-refractivity contribution in [2.24, 2.45) is 5.41 Å². The van der Waals surface area contributed by atoms with Gasteiger partial charge in [0.1, 0.15) is 29.7 Å². The Labute approximate surface area is 250 Å². The van der Waals surface area contributed by atoms with Crippen molar-refractivity contribution in [3.05, 3.63) is 71.4 Å². The third kappa shape index (κ3) is 5.73. The van der Waals surface area contributed by atoms with Gasteiger partial charge >= 0.3 is 5.97 Å². The molecule has 1 spiro atoms. The van der Waals surface area contributed by atoms with Gasteiger partial charge in [-0.1, -0.05) is 12.1 Å². The third-order valence-corrected chi connectivity index (χ3v) is 8.61. The van der Waals surface area contributed by atoms with Crippen molar-refractivity contribution in [2.45, 2.75) is 58.8 Å². The van der Waals surface area contributed by atoms with E-state index in [1.165, 1.54) is 24.5 Å². The van der Waals surface area contributed by atoms with Crippen LogP contribution in [0.2, 0.25) is 0 Å². The van der Waals surface area contributed by atoms with Crippen LogP contribution in [0.1, 0.15) is 55.1 Å². The smallest absolute Gasteiger partial charge is 0.317 e. The summed E-state index contributed by atoms with van der Waals surface area (Å²) in [5.74, 6) is 0.496. The van der Waals surface area contributed by atoms with Crippen LogP contribution >= 0.6 is 0 Å². The van der Waals surface area contributed by atoms with Gasteiger partial charge in [0, 0.05) is 49.7 Å². The van der Waals surface area contributed by atoms with Gasteiger partial charge in [0.15, 0.2) is 11.6 Å². The lowest BCUT2D eigenvalue weighted by molar-refractivity contribution is -0.138. The zero-order valence-corrected chi connectivity index (χ0v) is 24.6. The zero-order valence-electron chi connectivity index (χ0n) is 24.6. The molecule has 0 atom stereocenters. The number of aromatic nitrogens is 2. The molecule has 1 aromatic heterocycles. The monoisotopic (exact) mass is 589 g/mol. The van der Waals surface area contributed by atoms with E-state index in [1.54, 1.807) is 11.1 Å². The second kappa shape index (κ2) is 11.4. The van der Waals surface area contributed by atoms with Gasteiger partial charge in [-0.05, 0) is 63.4 Å². The van der Waals surface area contributed by atoms with E-state index in [9.17, 15) is 19.1 Å². The molecule has 0 radical (unpaired) electrons. The molecule has 2 aliphatic heterocycles. The quantitative estimate of drug-likeness (QED) is 0.359. The number of anilines is 1. The van der Waals surface area contributed by atoms with Gasteiger partial charge in [-0.15, -0.1) is 0 Å². The highest BCUT2D eigenvalue weighted by Crippen LogP contribution is 2.52. The van der Waals surface area contributed by atoms with E-state index in [-0.39, 0.29) is 41.3 Å². The molecule has 0 bridgehead atoms. The van der Waals surface area contributed by atoms with Gasteiger partial charge in [-0.3, -0.25) is 14.5 Å². The first-order chi connectivity index (χ1) is 20.6. The average molecular weight is 590 g/mol. The number of ether oxygens (including phenoxy) is 2. The molecular weight excluding hydrogens is 553 g/mol. The van der Waals surface area contributed by atoms with E-state index in [0.29, 0.717) is 31.2 Å². The van der Waals surface area contributed by atoms with E-state index in [4.69, 9.17) is 9.47 Å². The minimum absolute atomic E-state index is 0.0130. The van der Waals surface area contributed by atoms with Gasteiger partial charge in [-0.25, -0.2) is 14.4 Å². The number of hydrogen-bond donors (Lipinski definition) is 1. The molecule has 0 unspecified atom stereocenters. The summed E-state index contributed by atoms with van der Waals surface area (Å²) in [5, 5.41) is 9.17. The Kier molecular flexibility index (Phi) is 7.68. The minimum atomic E-state index is -0.830. The number of fused-ring (bicyclic) bond motifs is 1. The number of amides is 1. The molecule has 3 heterocycles. The summed E-state index contributed by atoms with van der Waals surface area (Å²) in [6.07, 6.45) is 4.95. The Morgan fingerprint density at radius 3 is 2.65 bits per heavy atom. The lowest BCUT2D eigenvalue weighted by Crippen LogP contribution is -2.65. The molecule has 3 aliphatic rings. The lowest BCUT2D eigenvalue weighted by Gasteiger charge is -2.59. The molecule has 1 saturated carbocycles. The molecule has 3 aromatic rings. The average Bonchev–Trinajstić information content (AvgIpc) is 3.33. The summed E-state index contributed by atoms with van der Waals surface area (Å²) in [6.45, 7) is 8.99. The van der Waals surface area contributed by atoms with Gasteiger partial charge in [-0.2, -0.15) is 0 Å². The Hall–Kier alpha value is -4.25. The third-order valence-electron chi connectivity index (χ3n) is 8.61. The molecule has 1 saturated heterocycles. The highest BCUT2D eigenvalue weighted by atomic mass is 19.1. The number of nitrogens with zero attached hydrogens (tertiary/aromatic N) is 5. The minimum Gasteiger partial charge on any atom is -0.490 e. The zero-order chi connectivity index (χ0) is 30.3. The summed E-state index contributed by atoms with van der Waals surface area (Å²) in [5.41, 5.74) is 2.48. The number of carboxylic acids is 1. The van der Waals surface area contributed by atoms with E-state index in [1.807, 2.05) is 43.9 Å². The van der Waals surface area contributed by atoms with Gasteiger partial charge < -0.3 is 24.4 Å². The van der Waals surface area contributed by atoms with Gasteiger partial charge in [0.05, 0.1) is 18.3 Å². The number of carboxylic acid groups (broad SMARTS) is 1. The predicted octanol–water partition coefficient (Wildman–Crippen LogP) is 4.73. The number of hydrogen-bond acceptors (Lipinski definition) is 8. The van der Waals surface area contributed by atoms with Crippen LogP contribution in [0.15, 0.2) is 48.9 Å².